The average Bonchev–Trinajstić information content (AvgIpc) is 3.08. The SMILES string of the molecule is OCCC1CCCCN1c1ncnc2c1nnn2Cc1ccccc1F. The summed E-state index contributed by atoms with van der Waals surface area (Å²) in [5.41, 5.74) is 1.75. The van der Waals surface area contributed by atoms with Crippen molar-refractivity contribution in [2.75, 3.05) is 18.1 Å². The maximum Gasteiger partial charge on any atom is 0.184 e. The van der Waals surface area contributed by atoms with Gasteiger partial charge in [0.1, 0.15) is 12.1 Å². The van der Waals surface area contributed by atoms with Crippen LogP contribution in [0.2, 0.25) is 0 Å². The lowest BCUT2D eigenvalue weighted by Crippen LogP contribution is -2.40. The molecule has 1 fully saturated rings. The Kier molecular flexibility index (Phi) is 4.75. The third kappa shape index (κ3) is 3.12. The second-order valence-corrected chi connectivity index (χ2v) is 6.56. The molecular formula is C18H21FN6O. The molecular weight excluding hydrogens is 335 g/mol. The van der Waals surface area contributed by atoms with E-state index in [9.17, 15) is 9.50 Å². The summed E-state index contributed by atoms with van der Waals surface area (Å²) in [4.78, 5) is 11.0. The highest BCUT2D eigenvalue weighted by Gasteiger charge is 2.26. The van der Waals surface area contributed by atoms with Crippen LogP contribution in [0, 0.1) is 5.82 Å². The van der Waals surface area contributed by atoms with Crippen molar-refractivity contribution in [3.63, 3.8) is 0 Å². The minimum absolute atomic E-state index is 0.148. The summed E-state index contributed by atoms with van der Waals surface area (Å²) in [6.45, 7) is 1.28. The second-order valence-electron chi connectivity index (χ2n) is 6.56. The highest BCUT2D eigenvalue weighted by Crippen LogP contribution is 2.29. The number of aliphatic hydroxyl groups excluding tert-OH is 1. The van der Waals surface area contributed by atoms with Crippen molar-refractivity contribution in [2.45, 2.75) is 38.3 Å². The molecule has 26 heavy (non-hydrogen) atoms. The van der Waals surface area contributed by atoms with Gasteiger partial charge in [-0.15, -0.1) is 5.10 Å². The van der Waals surface area contributed by atoms with E-state index in [1.54, 1.807) is 22.9 Å². The molecule has 8 heteroatoms. The van der Waals surface area contributed by atoms with E-state index < -0.39 is 0 Å². The highest BCUT2D eigenvalue weighted by molar-refractivity contribution is 5.82. The molecule has 2 aromatic heterocycles. The maximum atomic E-state index is 14.0. The van der Waals surface area contributed by atoms with Crippen molar-refractivity contribution in [1.29, 1.82) is 0 Å². The maximum absolute atomic E-state index is 14.0. The van der Waals surface area contributed by atoms with Crippen molar-refractivity contribution in [3.05, 3.63) is 42.0 Å². The van der Waals surface area contributed by atoms with Gasteiger partial charge in [-0.25, -0.2) is 19.0 Å². The van der Waals surface area contributed by atoms with Gasteiger partial charge in [0.2, 0.25) is 0 Å². The lowest BCUT2D eigenvalue weighted by molar-refractivity contribution is 0.262. The molecule has 136 valence electrons. The molecule has 1 atom stereocenters. The van der Waals surface area contributed by atoms with Crippen LogP contribution in [-0.2, 0) is 6.54 Å². The van der Waals surface area contributed by atoms with Crippen molar-refractivity contribution >= 4 is 17.0 Å². The van der Waals surface area contributed by atoms with Crippen LogP contribution >= 0.6 is 0 Å². The number of hydrogen-bond acceptors (Lipinski definition) is 6. The van der Waals surface area contributed by atoms with Crippen molar-refractivity contribution in [2.24, 2.45) is 0 Å². The first-order valence-electron chi connectivity index (χ1n) is 8.93. The van der Waals surface area contributed by atoms with E-state index in [2.05, 4.69) is 25.2 Å². The minimum Gasteiger partial charge on any atom is -0.396 e. The Labute approximate surface area is 150 Å². The fourth-order valence-electron chi connectivity index (χ4n) is 3.61. The predicted octanol–water partition coefficient (Wildman–Crippen LogP) is 2.15. The number of piperidine rings is 1. The lowest BCUT2D eigenvalue weighted by Gasteiger charge is -2.36. The van der Waals surface area contributed by atoms with E-state index in [4.69, 9.17) is 0 Å². The Morgan fingerprint density at radius 2 is 2.08 bits per heavy atom. The van der Waals surface area contributed by atoms with Gasteiger partial charge in [0, 0.05) is 24.8 Å². The van der Waals surface area contributed by atoms with E-state index in [-0.39, 0.29) is 25.0 Å². The predicted molar refractivity (Wildman–Crippen MR) is 95.3 cm³/mol. The van der Waals surface area contributed by atoms with E-state index >= 15 is 0 Å². The van der Waals surface area contributed by atoms with Crippen molar-refractivity contribution < 1.29 is 9.50 Å². The van der Waals surface area contributed by atoms with E-state index in [0.29, 0.717) is 23.1 Å². The second kappa shape index (κ2) is 7.33. The number of halogens is 1. The Hall–Kier alpha value is -2.61. The number of rotatable bonds is 5. The molecule has 0 bridgehead atoms. The average molecular weight is 356 g/mol. The first-order chi connectivity index (χ1) is 12.8. The smallest absolute Gasteiger partial charge is 0.184 e. The molecule has 1 aromatic carbocycles. The largest absolute Gasteiger partial charge is 0.396 e. The molecule has 1 N–H and O–H groups in total. The van der Waals surface area contributed by atoms with Gasteiger partial charge < -0.3 is 10.0 Å². The molecule has 1 aliphatic rings. The van der Waals surface area contributed by atoms with E-state index in [1.165, 1.54) is 12.4 Å². The Bertz CT molecular complexity index is 896. The highest BCUT2D eigenvalue weighted by atomic mass is 19.1. The molecule has 0 spiro atoms. The molecule has 3 heterocycles. The van der Waals surface area contributed by atoms with E-state index in [0.717, 1.165) is 31.6 Å². The first kappa shape index (κ1) is 16.8. The zero-order chi connectivity index (χ0) is 17.9. The zero-order valence-electron chi connectivity index (χ0n) is 14.4. The van der Waals surface area contributed by atoms with Crippen molar-refractivity contribution in [3.8, 4) is 0 Å². The molecule has 1 unspecified atom stereocenters. The monoisotopic (exact) mass is 356 g/mol. The van der Waals surface area contributed by atoms with Gasteiger partial charge >= 0.3 is 0 Å². The normalized spacial score (nSPS) is 17.8. The lowest BCUT2D eigenvalue weighted by atomic mass is 9.99. The van der Waals surface area contributed by atoms with Crippen molar-refractivity contribution in [1.82, 2.24) is 25.0 Å². The first-order valence-corrected chi connectivity index (χ1v) is 8.93. The van der Waals surface area contributed by atoms with Crippen LogP contribution in [0.25, 0.3) is 11.2 Å². The molecule has 0 radical (unpaired) electrons. The number of aliphatic hydroxyl groups is 1. The molecule has 3 aromatic rings. The van der Waals surface area contributed by atoms with Crippen LogP contribution in [0.4, 0.5) is 10.2 Å². The molecule has 0 saturated carbocycles. The fraction of sp³-hybridized carbons (Fsp3) is 0.444. The number of hydrogen-bond donors (Lipinski definition) is 1. The van der Waals surface area contributed by atoms with Gasteiger partial charge in [-0.05, 0) is 31.7 Å². The Morgan fingerprint density at radius 3 is 2.92 bits per heavy atom. The summed E-state index contributed by atoms with van der Waals surface area (Å²) < 4.78 is 15.6. The summed E-state index contributed by atoms with van der Waals surface area (Å²) in [5, 5.41) is 17.8. The topological polar surface area (TPSA) is 80.0 Å². The van der Waals surface area contributed by atoms with Gasteiger partial charge in [-0.1, -0.05) is 23.4 Å². The third-order valence-corrected chi connectivity index (χ3v) is 4.92. The summed E-state index contributed by atoms with van der Waals surface area (Å²) in [5.74, 6) is 0.470. The molecule has 0 amide bonds. The van der Waals surface area contributed by atoms with Gasteiger partial charge in [0.05, 0.1) is 6.54 Å². The molecule has 1 saturated heterocycles. The van der Waals surface area contributed by atoms with Crippen LogP contribution in [0.1, 0.15) is 31.2 Å². The summed E-state index contributed by atoms with van der Waals surface area (Å²) >= 11 is 0. The van der Waals surface area contributed by atoms with E-state index in [1.807, 2.05) is 0 Å². The van der Waals surface area contributed by atoms with Crippen LogP contribution in [-0.4, -0.2) is 49.3 Å². The molecule has 0 aliphatic carbocycles. The number of benzene rings is 1. The standard InChI is InChI=1S/C18H21FN6O/c19-15-7-2-1-5-13(15)11-25-18-16(22-23-25)17(20-12-21-18)24-9-4-3-6-14(24)8-10-26/h1-2,5,7,12,14,26H,3-4,6,8-11H2. The van der Waals surface area contributed by atoms with Gasteiger partial charge in [-0.2, -0.15) is 0 Å². The zero-order valence-corrected chi connectivity index (χ0v) is 14.4. The number of fused-ring (bicyclic) bond motifs is 1. The Balaban J connectivity index is 1.70. The number of nitrogens with zero attached hydrogens (tertiary/aromatic N) is 6. The summed E-state index contributed by atoms with van der Waals surface area (Å²) in [7, 11) is 0. The third-order valence-electron chi connectivity index (χ3n) is 4.92. The molecule has 7 nitrogen and oxygen atoms in total. The van der Waals surface area contributed by atoms with Gasteiger partial charge in [0.15, 0.2) is 17.0 Å². The number of anilines is 1. The van der Waals surface area contributed by atoms with Gasteiger partial charge in [0.25, 0.3) is 0 Å². The fourth-order valence-corrected chi connectivity index (χ4v) is 3.61. The van der Waals surface area contributed by atoms with Gasteiger partial charge in [-0.3, -0.25) is 0 Å². The molecule has 1 aliphatic heterocycles. The summed E-state index contributed by atoms with van der Waals surface area (Å²) in [6, 6.07) is 6.86. The van der Waals surface area contributed by atoms with Crippen LogP contribution in [0.3, 0.4) is 0 Å². The van der Waals surface area contributed by atoms with Crippen LogP contribution in [0.15, 0.2) is 30.6 Å². The quantitative estimate of drug-likeness (QED) is 0.755. The minimum atomic E-state index is -0.274. The molecule has 4 rings (SSSR count). The number of aromatic nitrogens is 5. The van der Waals surface area contributed by atoms with Crippen LogP contribution < -0.4 is 4.90 Å². The van der Waals surface area contributed by atoms with Crippen LogP contribution in [0.5, 0.6) is 0 Å². The summed E-state index contributed by atoms with van der Waals surface area (Å²) in [6.07, 6.45) is 5.46. The Morgan fingerprint density at radius 1 is 1.19 bits per heavy atom.